The van der Waals surface area contributed by atoms with Crippen molar-refractivity contribution in [2.24, 2.45) is 0 Å². The van der Waals surface area contributed by atoms with Gasteiger partial charge in [0.2, 0.25) is 5.82 Å². The molecule has 1 amide bonds. The lowest BCUT2D eigenvalue weighted by Crippen LogP contribution is -2.40. The van der Waals surface area contributed by atoms with Crippen LogP contribution < -0.4 is 5.32 Å². The van der Waals surface area contributed by atoms with Crippen molar-refractivity contribution >= 4 is 16.7 Å². The third-order valence-electron chi connectivity index (χ3n) is 2.52. The van der Waals surface area contributed by atoms with Crippen molar-refractivity contribution in [3.8, 4) is 0 Å². The summed E-state index contributed by atoms with van der Waals surface area (Å²) in [5.41, 5.74) is 0. The first-order chi connectivity index (χ1) is 7.65. The highest BCUT2D eigenvalue weighted by atomic mass is 32.2. The summed E-state index contributed by atoms with van der Waals surface area (Å²) in [4.78, 5) is 15.6. The van der Waals surface area contributed by atoms with Crippen LogP contribution in [0.15, 0.2) is 0 Å². The molecule has 1 aromatic heterocycles. The van der Waals surface area contributed by atoms with Crippen LogP contribution in [-0.4, -0.2) is 42.8 Å². The molecule has 1 aliphatic rings. The Labute approximate surface area is 95.7 Å². The number of nitrogens with one attached hydrogen (secondary N) is 2. The van der Waals surface area contributed by atoms with Gasteiger partial charge >= 0.3 is 0 Å². The van der Waals surface area contributed by atoms with E-state index in [1.54, 1.807) is 6.92 Å². The SMILES string of the molecule is Cc1nc(C(=O)NC2CCS(=O)CC2)n[nH]1. The Balaban J connectivity index is 1.90. The van der Waals surface area contributed by atoms with Crippen LogP contribution in [0.4, 0.5) is 0 Å². The van der Waals surface area contributed by atoms with Crippen LogP contribution in [0.1, 0.15) is 29.3 Å². The second-order valence-corrected chi connectivity index (χ2v) is 5.54. The molecule has 0 spiro atoms. The Bertz CT molecular complexity index is 407. The summed E-state index contributed by atoms with van der Waals surface area (Å²) >= 11 is 0. The van der Waals surface area contributed by atoms with Gasteiger partial charge in [-0.15, -0.1) is 5.10 Å². The first kappa shape index (κ1) is 11.3. The monoisotopic (exact) mass is 242 g/mol. The first-order valence-corrected chi connectivity index (χ1v) is 6.69. The van der Waals surface area contributed by atoms with E-state index in [0.717, 1.165) is 12.8 Å². The van der Waals surface area contributed by atoms with Crippen molar-refractivity contribution in [2.75, 3.05) is 11.5 Å². The van der Waals surface area contributed by atoms with Gasteiger partial charge in [0, 0.05) is 28.3 Å². The van der Waals surface area contributed by atoms with E-state index in [1.165, 1.54) is 0 Å². The highest BCUT2D eigenvalue weighted by Gasteiger charge is 2.21. The summed E-state index contributed by atoms with van der Waals surface area (Å²) in [6.45, 7) is 1.74. The zero-order chi connectivity index (χ0) is 11.5. The Morgan fingerprint density at radius 3 is 2.75 bits per heavy atom. The third kappa shape index (κ3) is 2.66. The maximum absolute atomic E-state index is 11.7. The molecule has 1 saturated heterocycles. The maximum atomic E-state index is 11.7. The van der Waals surface area contributed by atoms with Crippen LogP contribution in [0, 0.1) is 6.92 Å². The highest BCUT2D eigenvalue weighted by Crippen LogP contribution is 2.09. The minimum Gasteiger partial charge on any atom is -0.346 e. The summed E-state index contributed by atoms with van der Waals surface area (Å²) in [5.74, 6) is 1.86. The number of amides is 1. The lowest BCUT2D eigenvalue weighted by Gasteiger charge is -2.21. The molecule has 0 unspecified atom stereocenters. The van der Waals surface area contributed by atoms with Gasteiger partial charge in [-0.05, 0) is 19.8 Å². The number of rotatable bonds is 2. The van der Waals surface area contributed by atoms with Crippen molar-refractivity contribution in [1.29, 1.82) is 0 Å². The van der Waals surface area contributed by atoms with E-state index in [0.29, 0.717) is 17.3 Å². The summed E-state index contributed by atoms with van der Waals surface area (Å²) in [5, 5.41) is 9.26. The van der Waals surface area contributed by atoms with E-state index >= 15 is 0 Å². The van der Waals surface area contributed by atoms with Gasteiger partial charge in [-0.2, -0.15) is 0 Å². The smallest absolute Gasteiger partial charge is 0.291 e. The molecule has 0 bridgehead atoms. The summed E-state index contributed by atoms with van der Waals surface area (Å²) in [7, 11) is -0.705. The first-order valence-electron chi connectivity index (χ1n) is 5.20. The number of hydrogen-bond donors (Lipinski definition) is 2. The molecule has 0 aromatic carbocycles. The maximum Gasteiger partial charge on any atom is 0.291 e. The fraction of sp³-hybridized carbons (Fsp3) is 0.667. The fourth-order valence-corrected chi connectivity index (χ4v) is 2.93. The second-order valence-electron chi connectivity index (χ2n) is 3.84. The summed E-state index contributed by atoms with van der Waals surface area (Å²) in [6.07, 6.45) is 1.53. The van der Waals surface area contributed by atoms with E-state index in [-0.39, 0.29) is 17.8 Å². The number of aromatic amines is 1. The van der Waals surface area contributed by atoms with Crippen molar-refractivity contribution in [3.63, 3.8) is 0 Å². The molecule has 16 heavy (non-hydrogen) atoms. The Hall–Kier alpha value is -1.24. The zero-order valence-corrected chi connectivity index (χ0v) is 9.84. The van der Waals surface area contributed by atoms with Gasteiger partial charge in [0.15, 0.2) is 0 Å². The molecule has 0 atom stereocenters. The quantitative estimate of drug-likeness (QED) is 0.749. The average molecular weight is 242 g/mol. The van der Waals surface area contributed by atoms with E-state index in [2.05, 4.69) is 20.5 Å². The van der Waals surface area contributed by atoms with Crippen molar-refractivity contribution < 1.29 is 9.00 Å². The molecule has 2 rings (SSSR count). The standard InChI is InChI=1S/C9H14N4O2S/c1-6-10-8(13-12-6)9(14)11-7-2-4-16(15)5-3-7/h7H,2-5H2,1H3,(H,11,14)(H,10,12,13). The van der Waals surface area contributed by atoms with Gasteiger partial charge < -0.3 is 5.32 Å². The van der Waals surface area contributed by atoms with Crippen LogP contribution in [0.25, 0.3) is 0 Å². The number of carbonyl (C=O) groups is 1. The Morgan fingerprint density at radius 1 is 1.50 bits per heavy atom. The lowest BCUT2D eigenvalue weighted by molar-refractivity contribution is 0.0924. The van der Waals surface area contributed by atoms with E-state index in [1.807, 2.05) is 0 Å². The molecule has 2 heterocycles. The number of aryl methyl sites for hydroxylation is 1. The van der Waals surface area contributed by atoms with Crippen molar-refractivity contribution in [2.45, 2.75) is 25.8 Å². The van der Waals surface area contributed by atoms with Gasteiger partial charge in [-0.1, -0.05) is 0 Å². The van der Waals surface area contributed by atoms with Gasteiger partial charge in [0.25, 0.3) is 5.91 Å². The number of aromatic nitrogens is 3. The third-order valence-corrected chi connectivity index (χ3v) is 3.91. The van der Waals surface area contributed by atoms with Crippen molar-refractivity contribution in [1.82, 2.24) is 20.5 Å². The molecule has 0 saturated carbocycles. The molecule has 0 aliphatic carbocycles. The zero-order valence-electron chi connectivity index (χ0n) is 9.02. The van der Waals surface area contributed by atoms with E-state index in [9.17, 15) is 9.00 Å². The molecule has 0 radical (unpaired) electrons. The van der Waals surface area contributed by atoms with Crippen LogP contribution >= 0.6 is 0 Å². The minimum absolute atomic E-state index is 0.101. The largest absolute Gasteiger partial charge is 0.346 e. The Kier molecular flexibility index (Phi) is 3.33. The number of H-pyrrole nitrogens is 1. The Morgan fingerprint density at radius 2 is 2.19 bits per heavy atom. The summed E-state index contributed by atoms with van der Waals surface area (Å²) < 4.78 is 11.1. The van der Waals surface area contributed by atoms with Gasteiger partial charge in [-0.3, -0.25) is 14.1 Å². The summed E-state index contributed by atoms with van der Waals surface area (Å²) in [6, 6.07) is 0.101. The molecule has 1 fully saturated rings. The van der Waals surface area contributed by atoms with Gasteiger partial charge in [-0.25, -0.2) is 4.98 Å². The van der Waals surface area contributed by atoms with E-state index in [4.69, 9.17) is 0 Å². The average Bonchev–Trinajstić information content (AvgIpc) is 2.68. The molecule has 88 valence electrons. The minimum atomic E-state index is -0.705. The molecule has 2 N–H and O–H groups in total. The molecular formula is C9H14N4O2S. The van der Waals surface area contributed by atoms with Crippen LogP contribution in [0.5, 0.6) is 0 Å². The normalized spacial score (nSPS) is 25.3. The predicted octanol–water partition coefficient (Wildman–Crippen LogP) is -0.246. The van der Waals surface area contributed by atoms with Crippen molar-refractivity contribution in [3.05, 3.63) is 11.6 Å². The molecule has 6 nitrogen and oxygen atoms in total. The van der Waals surface area contributed by atoms with Gasteiger partial charge in [0.05, 0.1) is 0 Å². The van der Waals surface area contributed by atoms with Crippen LogP contribution in [0.2, 0.25) is 0 Å². The topological polar surface area (TPSA) is 87.7 Å². The van der Waals surface area contributed by atoms with E-state index < -0.39 is 10.8 Å². The molecule has 1 aliphatic heterocycles. The number of nitrogens with zero attached hydrogens (tertiary/aromatic N) is 2. The lowest BCUT2D eigenvalue weighted by atomic mass is 10.1. The fourth-order valence-electron chi connectivity index (χ4n) is 1.63. The van der Waals surface area contributed by atoms with Gasteiger partial charge in [0.1, 0.15) is 5.82 Å². The molecule has 1 aromatic rings. The second kappa shape index (κ2) is 4.73. The molecule has 7 heteroatoms. The van der Waals surface area contributed by atoms with Crippen LogP contribution in [0.3, 0.4) is 0 Å². The predicted molar refractivity (Wildman–Crippen MR) is 59.5 cm³/mol. The van der Waals surface area contributed by atoms with Crippen LogP contribution in [-0.2, 0) is 10.8 Å². The number of hydrogen-bond acceptors (Lipinski definition) is 4. The molecular weight excluding hydrogens is 228 g/mol. The number of carbonyl (C=O) groups excluding carboxylic acids is 1. The highest BCUT2D eigenvalue weighted by molar-refractivity contribution is 7.85.